The van der Waals surface area contributed by atoms with Gasteiger partial charge in [-0.15, -0.1) is 0 Å². The van der Waals surface area contributed by atoms with Crippen LogP contribution in [0.5, 0.6) is 0 Å². The molecule has 0 radical (unpaired) electrons. The van der Waals surface area contributed by atoms with Crippen LogP contribution in [0.1, 0.15) is 6.92 Å². The van der Waals surface area contributed by atoms with Crippen LogP contribution in [0.15, 0.2) is 0 Å². The van der Waals surface area contributed by atoms with Crippen molar-refractivity contribution in [3.63, 3.8) is 0 Å². The van der Waals surface area contributed by atoms with Gasteiger partial charge in [0.1, 0.15) is 0 Å². The minimum absolute atomic E-state index is 0.305. The van der Waals surface area contributed by atoms with E-state index in [0.717, 1.165) is 6.92 Å². The molecule has 0 bridgehead atoms. The maximum atomic E-state index is 10.6. The predicted molar refractivity (Wildman–Crippen MR) is 43.1 cm³/mol. The molecule has 1 saturated heterocycles. The standard InChI is InChI=1S/C5H9NO3.C2H4O2/c1-9-4(7)5(8)2-6-3-5;1-2(3)4/h6,8H,2-3H2,1H3;1H3,(H,3,4). The van der Waals surface area contributed by atoms with Crippen molar-refractivity contribution < 1.29 is 24.5 Å². The van der Waals surface area contributed by atoms with E-state index in [2.05, 4.69) is 10.1 Å². The minimum atomic E-state index is -1.24. The number of carboxylic acids is 1. The Hall–Kier alpha value is -1.14. The van der Waals surface area contributed by atoms with Crippen LogP contribution in [0.4, 0.5) is 0 Å². The summed E-state index contributed by atoms with van der Waals surface area (Å²) < 4.78 is 4.33. The zero-order valence-corrected chi connectivity index (χ0v) is 7.53. The molecule has 6 heteroatoms. The Balaban J connectivity index is 0.000000310. The quantitative estimate of drug-likeness (QED) is 0.440. The number of aliphatic carboxylic acids is 1. The Morgan fingerprint density at radius 1 is 1.46 bits per heavy atom. The molecule has 1 rings (SSSR count). The molecule has 76 valence electrons. The van der Waals surface area contributed by atoms with E-state index < -0.39 is 17.5 Å². The van der Waals surface area contributed by atoms with Crippen LogP contribution < -0.4 is 5.32 Å². The van der Waals surface area contributed by atoms with Crippen LogP contribution in [0, 0.1) is 0 Å². The topological polar surface area (TPSA) is 95.9 Å². The van der Waals surface area contributed by atoms with E-state index in [1.807, 2.05) is 0 Å². The maximum absolute atomic E-state index is 10.6. The Kier molecular flexibility index (Phi) is 4.36. The molecule has 1 fully saturated rings. The Morgan fingerprint density at radius 2 is 1.85 bits per heavy atom. The minimum Gasteiger partial charge on any atom is -0.481 e. The predicted octanol–water partition coefficient (Wildman–Crippen LogP) is -1.42. The smallest absolute Gasteiger partial charge is 0.340 e. The summed E-state index contributed by atoms with van der Waals surface area (Å²) in [5.41, 5.74) is -1.24. The van der Waals surface area contributed by atoms with Crippen LogP contribution in [-0.4, -0.2) is 48.0 Å². The molecular weight excluding hydrogens is 178 g/mol. The highest BCUT2D eigenvalue weighted by molar-refractivity contribution is 5.81. The summed E-state index contributed by atoms with van der Waals surface area (Å²) >= 11 is 0. The highest BCUT2D eigenvalue weighted by Gasteiger charge is 2.43. The molecule has 0 spiro atoms. The first-order valence-electron chi connectivity index (χ1n) is 3.63. The van der Waals surface area contributed by atoms with Gasteiger partial charge in [0.15, 0.2) is 5.60 Å². The van der Waals surface area contributed by atoms with Gasteiger partial charge in [-0.3, -0.25) is 4.79 Å². The molecular formula is C7H13NO5. The largest absolute Gasteiger partial charge is 0.481 e. The van der Waals surface area contributed by atoms with Crippen molar-refractivity contribution in [1.82, 2.24) is 5.32 Å². The Labute approximate surface area is 75.5 Å². The highest BCUT2D eigenvalue weighted by Crippen LogP contribution is 2.11. The average molecular weight is 191 g/mol. The zero-order chi connectivity index (χ0) is 10.5. The second-order valence-corrected chi connectivity index (χ2v) is 2.65. The first kappa shape index (κ1) is 11.9. The summed E-state index contributed by atoms with van der Waals surface area (Å²) in [5, 5.41) is 19.3. The van der Waals surface area contributed by atoms with E-state index in [4.69, 9.17) is 15.0 Å². The Bertz CT molecular complexity index is 195. The van der Waals surface area contributed by atoms with Crippen molar-refractivity contribution in [3.05, 3.63) is 0 Å². The summed E-state index contributed by atoms with van der Waals surface area (Å²) in [6.45, 7) is 1.69. The number of nitrogens with one attached hydrogen (secondary N) is 1. The van der Waals surface area contributed by atoms with Gasteiger partial charge in [0.25, 0.3) is 5.97 Å². The van der Waals surface area contributed by atoms with Crippen molar-refractivity contribution in [3.8, 4) is 0 Å². The van der Waals surface area contributed by atoms with Crippen LogP contribution in [-0.2, 0) is 14.3 Å². The fourth-order valence-corrected chi connectivity index (χ4v) is 0.696. The Morgan fingerprint density at radius 3 is 1.92 bits per heavy atom. The number of rotatable bonds is 1. The van der Waals surface area contributed by atoms with Gasteiger partial charge in [-0.1, -0.05) is 0 Å². The van der Waals surface area contributed by atoms with Crippen molar-refractivity contribution in [2.45, 2.75) is 12.5 Å². The molecule has 0 unspecified atom stereocenters. The van der Waals surface area contributed by atoms with Gasteiger partial charge in [0, 0.05) is 20.0 Å². The third kappa shape index (κ3) is 3.86. The summed E-state index contributed by atoms with van der Waals surface area (Å²) in [6, 6.07) is 0. The van der Waals surface area contributed by atoms with Crippen LogP contribution in [0.2, 0.25) is 0 Å². The van der Waals surface area contributed by atoms with E-state index in [-0.39, 0.29) is 0 Å². The van der Waals surface area contributed by atoms with Gasteiger partial charge in [-0.2, -0.15) is 0 Å². The van der Waals surface area contributed by atoms with Crippen molar-refractivity contribution >= 4 is 11.9 Å². The maximum Gasteiger partial charge on any atom is 0.340 e. The summed E-state index contributed by atoms with van der Waals surface area (Å²) in [4.78, 5) is 19.6. The molecule has 1 aliphatic heterocycles. The van der Waals surface area contributed by atoms with Crippen LogP contribution >= 0.6 is 0 Å². The van der Waals surface area contributed by atoms with Gasteiger partial charge in [-0.05, 0) is 0 Å². The van der Waals surface area contributed by atoms with E-state index in [1.54, 1.807) is 0 Å². The van der Waals surface area contributed by atoms with Crippen molar-refractivity contribution in [1.29, 1.82) is 0 Å². The number of methoxy groups -OCH3 is 1. The summed E-state index contributed by atoms with van der Waals surface area (Å²) in [5.74, 6) is -1.39. The molecule has 1 aliphatic rings. The number of carbonyl (C=O) groups is 2. The average Bonchev–Trinajstić information content (AvgIpc) is 1.97. The lowest BCUT2D eigenvalue weighted by molar-refractivity contribution is -0.167. The second-order valence-electron chi connectivity index (χ2n) is 2.65. The monoisotopic (exact) mass is 191 g/mol. The third-order valence-electron chi connectivity index (χ3n) is 1.40. The normalized spacial score (nSPS) is 17.5. The van der Waals surface area contributed by atoms with E-state index in [1.165, 1.54) is 7.11 Å². The van der Waals surface area contributed by atoms with Gasteiger partial charge in [-0.25, -0.2) is 4.79 Å². The lowest BCUT2D eigenvalue weighted by atomic mass is 9.98. The lowest BCUT2D eigenvalue weighted by Crippen LogP contribution is -2.64. The lowest BCUT2D eigenvalue weighted by Gasteiger charge is -2.34. The molecule has 0 aromatic carbocycles. The number of carboxylic acid groups (broad SMARTS) is 1. The first-order chi connectivity index (χ1) is 5.92. The molecule has 0 aromatic heterocycles. The number of ether oxygens (including phenoxy) is 1. The second kappa shape index (κ2) is 4.78. The number of β-amino-alcohol motifs (C(OH)–C–C–N with tert-alkyl or cyclic N) is 1. The summed E-state index contributed by atoms with van der Waals surface area (Å²) in [7, 11) is 1.26. The highest BCUT2D eigenvalue weighted by atomic mass is 16.5. The van der Waals surface area contributed by atoms with Crippen molar-refractivity contribution in [2.75, 3.05) is 20.2 Å². The number of hydrogen-bond acceptors (Lipinski definition) is 5. The van der Waals surface area contributed by atoms with Crippen LogP contribution in [0.3, 0.4) is 0 Å². The van der Waals surface area contributed by atoms with E-state index in [0.29, 0.717) is 13.1 Å². The van der Waals surface area contributed by atoms with Gasteiger partial charge in [0.05, 0.1) is 7.11 Å². The van der Waals surface area contributed by atoms with Gasteiger partial charge >= 0.3 is 5.97 Å². The van der Waals surface area contributed by atoms with Crippen LogP contribution in [0.25, 0.3) is 0 Å². The molecule has 6 nitrogen and oxygen atoms in total. The third-order valence-corrected chi connectivity index (χ3v) is 1.40. The SMILES string of the molecule is CC(=O)O.COC(=O)C1(O)CNC1. The molecule has 3 N–H and O–H groups in total. The number of aliphatic hydroxyl groups is 1. The molecule has 0 aliphatic carbocycles. The molecule has 0 saturated carbocycles. The molecule has 1 heterocycles. The summed E-state index contributed by atoms with van der Waals surface area (Å²) in [6.07, 6.45) is 0. The van der Waals surface area contributed by atoms with Gasteiger partial charge < -0.3 is 20.3 Å². The number of hydrogen-bond donors (Lipinski definition) is 3. The molecule has 0 atom stereocenters. The number of esters is 1. The zero-order valence-electron chi connectivity index (χ0n) is 7.53. The fraction of sp³-hybridized carbons (Fsp3) is 0.714. The number of carbonyl (C=O) groups excluding carboxylic acids is 1. The van der Waals surface area contributed by atoms with Crippen molar-refractivity contribution in [2.24, 2.45) is 0 Å². The fourth-order valence-electron chi connectivity index (χ4n) is 0.696. The van der Waals surface area contributed by atoms with E-state index >= 15 is 0 Å². The molecule has 0 aromatic rings. The van der Waals surface area contributed by atoms with E-state index in [9.17, 15) is 4.79 Å². The molecule has 13 heavy (non-hydrogen) atoms. The van der Waals surface area contributed by atoms with Gasteiger partial charge in [0.2, 0.25) is 0 Å². The first-order valence-corrected chi connectivity index (χ1v) is 3.63. The molecule has 0 amide bonds.